The summed E-state index contributed by atoms with van der Waals surface area (Å²) in [6.07, 6.45) is 1.26. The van der Waals surface area contributed by atoms with Gasteiger partial charge in [-0.3, -0.25) is 4.68 Å². The third-order valence-corrected chi connectivity index (χ3v) is 2.76. The SMILES string of the molecule is Cn1ncc(Cl)c1C1CNCC1O. The van der Waals surface area contributed by atoms with Gasteiger partial charge >= 0.3 is 0 Å². The molecule has 1 aromatic rings. The van der Waals surface area contributed by atoms with Crippen molar-refractivity contribution in [3.05, 3.63) is 16.9 Å². The summed E-state index contributed by atoms with van der Waals surface area (Å²) in [6, 6.07) is 0. The maximum atomic E-state index is 9.65. The molecule has 0 radical (unpaired) electrons. The van der Waals surface area contributed by atoms with Gasteiger partial charge in [0.1, 0.15) is 0 Å². The third kappa shape index (κ3) is 1.45. The molecule has 1 aliphatic heterocycles. The van der Waals surface area contributed by atoms with Crippen LogP contribution in [0.3, 0.4) is 0 Å². The molecule has 72 valence electrons. The second-order valence-corrected chi connectivity index (χ2v) is 3.74. The monoisotopic (exact) mass is 201 g/mol. The van der Waals surface area contributed by atoms with E-state index in [9.17, 15) is 5.11 Å². The fraction of sp³-hybridized carbons (Fsp3) is 0.625. The summed E-state index contributed by atoms with van der Waals surface area (Å²) in [6.45, 7) is 1.40. The Balaban J connectivity index is 2.33. The largest absolute Gasteiger partial charge is 0.391 e. The minimum Gasteiger partial charge on any atom is -0.391 e. The molecule has 13 heavy (non-hydrogen) atoms. The van der Waals surface area contributed by atoms with Gasteiger partial charge in [0.25, 0.3) is 0 Å². The van der Waals surface area contributed by atoms with E-state index in [1.165, 1.54) is 0 Å². The molecule has 0 aliphatic carbocycles. The maximum absolute atomic E-state index is 9.65. The Hall–Kier alpha value is -0.580. The molecule has 2 heterocycles. The molecular formula is C8H12ClN3O. The van der Waals surface area contributed by atoms with E-state index in [4.69, 9.17) is 11.6 Å². The van der Waals surface area contributed by atoms with E-state index in [-0.39, 0.29) is 12.0 Å². The zero-order valence-electron chi connectivity index (χ0n) is 7.37. The first kappa shape index (κ1) is 8.99. The Morgan fingerprint density at radius 2 is 2.46 bits per heavy atom. The van der Waals surface area contributed by atoms with Crippen LogP contribution in [-0.2, 0) is 7.05 Å². The standard InChI is InChI=1S/C8H12ClN3O/c1-12-8(6(9)3-11-12)5-2-10-4-7(5)13/h3,5,7,10,13H,2,4H2,1H3. The highest BCUT2D eigenvalue weighted by Crippen LogP contribution is 2.28. The van der Waals surface area contributed by atoms with Crippen molar-refractivity contribution in [3.8, 4) is 0 Å². The van der Waals surface area contributed by atoms with Crippen LogP contribution >= 0.6 is 11.6 Å². The summed E-state index contributed by atoms with van der Waals surface area (Å²) < 4.78 is 1.73. The summed E-state index contributed by atoms with van der Waals surface area (Å²) in [4.78, 5) is 0. The first-order valence-corrected chi connectivity index (χ1v) is 4.64. The molecule has 2 N–H and O–H groups in total. The Bertz CT molecular complexity index is 293. The summed E-state index contributed by atoms with van der Waals surface area (Å²) in [5, 5.41) is 17.4. The van der Waals surface area contributed by atoms with Gasteiger partial charge in [-0.15, -0.1) is 0 Å². The number of hydrogen-bond donors (Lipinski definition) is 2. The number of β-amino-alcohol motifs (C(OH)–C–C–N with tert-alkyl or cyclic N) is 1. The number of nitrogens with zero attached hydrogens (tertiary/aromatic N) is 2. The fourth-order valence-electron chi connectivity index (χ4n) is 1.78. The molecule has 1 saturated heterocycles. The zero-order chi connectivity index (χ0) is 9.42. The number of hydrogen-bond acceptors (Lipinski definition) is 3. The number of halogens is 1. The molecular weight excluding hydrogens is 190 g/mol. The molecule has 0 saturated carbocycles. The van der Waals surface area contributed by atoms with Crippen LogP contribution in [0.4, 0.5) is 0 Å². The van der Waals surface area contributed by atoms with Gasteiger partial charge < -0.3 is 10.4 Å². The number of aromatic nitrogens is 2. The van der Waals surface area contributed by atoms with Gasteiger partial charge in [0.15, 0.2) is 0 Å². The predicted octanol–water partition coefficient (Wildman–Crippen LogP) is 0.121. The van der Waals surface area contributed by atoms with Crippen LogP contribution in [-0.4, -0.2) is 34.1 Å². The van der Waals surface area contributed by atoms with E-state index in [0.29, 0.717) is 11.6 Å². The topological polar surface area (TPSA) is 50.1 Å². The molecule has 1 aromatic heterocycles. The second-order valence-electron chi connectivity index (χ2n) is 3.33. The fourth-order valence-corrected chi connectivity index (χ4v) is 2.09. The second kappa shape index (κ2) is 3.29. The number of rotatable bonds is 1. The van der Waals surface area contributed by atoms with Gasteiger partial charge in [0, 0.05) is 26.1 Å². The van der Waals surface area contributed by atoms with Crippen LogP contribution in [0.25, 0.3) is 0 Å². The van der Waals surface area contributed by atoms with Gasteiger partial charge in [-0.1, -0.05) is 11.6 Å². The lowest BCUT2D eigenvalue weighted by molar-refractivity contribution is 0.174. The number of aliphatic hydroxyl groups is 1. The first-order chi connectivity index (χ1) is 6.20. The molecule has 4 nitrogen and oxygen atoms in total. The smallest absolute Gasteiger partial charge is 0.0822 e. The molecule has 1 fully saturated rings. The van der Waals surface area contributed by atoms with Gasteiger partial charge in [0.2, 0.25) is 0 Å². The summed E-state index contributed by atoms with van der Waals surface area (Å²) in [5.74, 6) is 0.0694. The molecule has 5 heteroatoms. The van der Waals surface area contributed by atoms with E-state index in [1.807, 2.05) is 7.05 Å². The Kier molecular flexibility index (Phi) is 2.27. The van der Waals surface area contributed by atoms with Gasteiger partial charge in [-0.05, 0) is 0 Å². The Morgan fingerprint density at radius 3 is 2.92 bits per heavy atom. The lowest BCUT2D eigenvalue weighted by Crippen LogP contribution is -2.18. The Labute approximate surface area is 81.5 Å². The molecule has 1 aliphatic rings. The summed E-state index contributed by atoms with van der Waals surface area (Å²) in [7, 11) is 1.84. The molecule has 0 bridgehead atoms. The lowest BCUT2D eigenvalue weighted by Gasteiger charge is -2.13. The highest BCUT2D eigenvalue weighted by Gasteiger charge is 2.30. The van der Waals surface area contributed by atoms with E-state index in [0.717, 1.165) is 12.2 Å². The van der Waals surface area contributed by atoms with E-state index < -0.39 is 0 Å². The van der Waals surface area contributed by atoms with Crippen molar-refractivity contribution in [2.45, 2.75) is 12.0 Å². The van der Waals surface area contributed by atoms with Crippen LogP contribution in [0, 0.1) is 0 Å². The molecule has 0 amide bonds. The Morgan fingerprint density at radius 1 is 1.69 bits per heavy atom. The van der Waals surface area contributed by atoms with Crippen molar-refractivity contribution < 1.29 is 5.11 Å². The van der Waals surface area contributed by atoms with Crippen LogP contribution in [0.2, 0.25) is 5.02 Å². The number of aryl methyl sites for hydroxylation is 1. The first-order valence-electron chi connectivity index (χ1n) is 4.26. The van der Waals surface area contributed by atoms with E-state index in [2.05, 4.69) is 10.4 Å². The van der Waals surface area contributed by atoms with Crippen molar-refractivity contribution in [2.24, 2.45) is 7.05 Å². The number of nitrogens with one attached hydrogen (secondary N) is 1. The molecule has 2 atom stereocenters. The molecule has 2 rings (SSSR count). The number of aliphatic hydroxyl groups excluding tert-OH is 1. The molecule has 2 unspecified atom stereocenters. The maximum Gasteiger partial charge on any atom is 0.0822 e. The summed E-state index contributed by atoms with van der Waals surface area (Å²) >= 11 is 5.97. The molecule has 0 spiro atoms. The van der Waals surface area contributed by atoms with Crippen molar-refractivity contribution in [2.75, 3.05) is 13.1 Å². The summed E-state index contributed by atoms with van der Waals surface area (Å²) in [5.41, 5.74) is 0.916. The van der Waals surface area contributed by atoms with E-state index >= 15 is 0 Å². The van der Waals surface area contributed by atoms with Crippen LogP contribution in [0.15, 0.2) is 6.20 Å². The highest BCUT2D eigenvalue weighted by atomic mass is 35.5. The van der Waals surface area contributed by atoms with Gasteiger partial charge in [-0.25, -0.2) is 0 Å². The van der Waals surface area contributed by atoms with Crippen molar-refractivity contribution >= 4 is 11.6 Å². The van der Waals surface area contributed by atoms with Gasteiger partial charge in [0.05, 0.1) is 23.0 Å². The van der Waals surface area contributed by atoms with Crippen molar-refractivity contribution in [1.29, 1.82) is 0 Å². The van der Waals surface area contributed by atoms with Crippen LogP contribution < -0.4 is 5.32 Å². The average molecular weight is 202 g/mol. The third-order valence-electron chi connectivity index (χ3n) is 2.47. The minimum atomic E-state index is -0.354. The minimum absolute atomic E-state index is 0.0694. The van der Waals surface area contributed by atoms with E-state index in [1.54, 1.807) is 10.9 Å². The zero-order valence-corrected chi connectivity index (χ0v) is 8.12. The van der Waals surface area contributed by atoms with Gasteiger partial charge in [-0.2, -0.15) is 5.10 Å². The highest BCUT2D eigenvalue weighted by molar-refractivity contribution is 6.31. The molecule has 0 aromatic carbocycles. The lowest BCUT2D eigenvalue weighted by atomic mass is 10.0. The van der Waals surface area contributed by atoms with Crippen LogP contribution in [0.1, 0.15) is 11.6 Å². The van der Waals surface area contributed by atoms with Crippen molar-refractivity contribution in [3.63, 3.8) is 0 Å². The predicted molar refractivity (Wildman–Crippen MR) is 49.8 cm³/mol. The van der Waals surface area contributed by atoms with Crippen LogP contribution in [0.5, 0.6) is 0 Å². The average Bonchev–Trinajstić information content (AvgIpc) is 2.60. The van der Waals surface area contributed by atoms with Crippen molar-refractivity contribution in [1.82, 2.24) is 15.1 Å². The normalized spacial score (nSPS) is 28.2. The quantitative estimate of drug-likeness (QED) is 0.679.